The van der Waals surface area contributed by atoms with Gasteiger partial charge in [0, 0.05) is 44.0 Å². The molecule has 116 valence electrons. The topological polar surface area (TPSA) is 84.1 Å². The summed E-state index contributed by atoms with van der Waals surface area (Å²) in [6.45, 7) is 5.76. The second-order valence-corrected chi connectivity index (χ2v) is 6.01. The standard InChI is InChI=1S/C15H25N5O/c1-11(2)13(16)9-14(21)19-12-5-3-8-20(10-12)15-17-6-4-7-18-15/h4,6-7,11-13H,3,5,8-10,16H2,1-2H3,(H,19,21). The van der Waals surface area contributed by atoms with E-state index in [1.807, 2.05) is 13.8 Å². The number of anilines is 1. The maximum absolute atomic E-state index is 12.0. The van der Waals surface area contributed by atoms with Crippen LogP contribution in [-0.2, 0) is 4.79 Å². The SMILES string of the molecule is CC(C)C(N)CC(=O)NC1CCCN(c2ncccn2)C1. The van der Waals surface area contributed by atoms with E-state index in [4.69, 9.17) is 5.73 Å². The number of piperidine rings is 1. The van der Waals surface area contributed by atoms with E-state index < -0.39 is 0 Å². The molecule has 0 spiro atoms. The molecule has 0 aromatic carbocycles. The summed E-state index contributed by atoms with van der Waals surface area (Å²) in [5, 5.41) is 3.09. The number of aromatic nitrogens is 2. The Morgan fingerprint density at radius 1 is 1.48 bits per heavy atom. The van der Waals surface area contributed by atoms with Crippen molar-refractivity contribution in [2.75, 3.05) is 18.0 Å². The van der Waals surface area contributed by atoms with Crippen LogP contribution in [0.3, 0.4) is 0 Å². The van der Waals surface area contributed by atoms with E-state index in [0.29, 0.717) is 12.3 Å². The van der Waals surface area contributed by atoms with Crippen LogP contribution in [0.25, 0.3) is 0 Å². The molecule has 1 aliphatic rings. The predicted molar refractivity (Wildman–Crippen MR) is 82.8 cm³/mol. The number of hydrogen-bond donors (Lipinski definition) is 2. The van der Waals surface area contributed by atoms with Crippen LogP contribution in [0.4, 0.5) is 5.95 Å². The molecule has 6 nitrogen and oxygen atoms in total. The molecule has 1 aliphatic heterocycles. The Bertz CT molecular complexity index is 451. The van der Waals surface area contributed by atoms with Crippen molar-refractivity contribution in [3.05, 3.63) is 18.5 Å². The van der Waals surface area contributed by atoms with Crippen molar-refractivity contribution >= 4 is 11.9 Å². The van der Waals surface area contributed by atoms with E-state index in [1.165, 1.54) is 0 Å². The van der Waals surface area contributed by atoms with Crippen LogP contribution in [0.5, 0.6) is 0 Å². The summed E-state index contributed by atoms with van der Waals surface area (Å²) in [5.74, 6) is 1.09. The summed E-state index contributed by atoms with van der Waals surface area (Å²) in [4.78, 5) is 22.7. The molecule has 2 rings (SSSR count). The van der Waals surface area contributed by atoms with Crippen molar-refractivity contribution in [1.29, 1.82) is 0 Å². The second kappa shape index (κ2) is 7.36. The molecule has 1 amide bonds. The quantitative estimate of drug-likeness (QED) is 0.843. The molecule has 2 heterocycles. The van der Waals surface area contributed by atoms with E-state index in [2.05, 4.69) is 20.2 Å². The van der Waals surface area contributed by atoms with E-state index in [-0.39, 0.29) is 18.0 Å². The first kappa shape index (κ1) is 15.7. The average Bonchev–Trinajstić information content (AvgIpc) is 2.48. The fourth-order valence-electron chi connectivity index (χ4n) is 2.47. The van der Waals surface area contributed by atoms with Gasteiger partial charge in [-0.3, -0.25) is 4.79 Å². The van der Waals surface area contributed by atoms with Crippen molar-refractivity contribution in [2.45, 2.75) is 45.2 Å². The smallest absolute Gasteiger partial charge is 0.225 e. The molecule has 0 aliphatic carbocycles. The summed E-state index contributed by atoms with van der Waals surface area (Å²) in [6.07, 6.45) is 5.89. The number of nitrogens with zero attached hydrogens (tertiary/aromatic N) is 3. The van der Waals surface area contributed by atoms with Crippen LogP contribution in [0.1, 0.15) is 33.1 Å². The summed E-state index contributed by atoms with van der Waals surface area (Å²) in [5.41, 5.74) is 5.95. The zero-order chi connectivity index (χ0) is 15.2. The van der Waals surface area contributed by atoms with E-state index in [1.54, 1.807) is 18.5 Å². The third-order valence-electron chi connectivity index (χ3n) is 3.90. The zero-order valence-corrected chi connectivity index (χ0v) is 12.8. The van der Waals surface area contributed by atoms with Crippen molar-refractivity contribution in [1.82, 2.24) is 15.3 Å². The lowest BCUT2D eigenvalue weighted by atomic mass is 10.0. The Balaban J connectivity index is 1.85. The number of carbonyl (C=O) groups is 1. The highest BCUT2D eigenvalue weighted by molar-refractivity contribution is 5.77. The average molecular weight is 291 g/mol. The van der Waals surface area contributed by atoms with Gasteiger partial charge in [0.1, 0.15) is 0 Å². The van der Waals surface area contributed by atoms with Crippen molar-refractivity contribution < 1.29 is 4.79 Å². The maximum Gasteiger partial charge on any atom is 0.225 e. The van der Waals surface area contributed by atoms with Gasteiger partial charge in [0.15, 0.2) is 0 Å². The predicted octanol–water partition coefficient (Wildman–Crippen LogP) is 0.935. The maximum atomic E-state index is 12.0. The first-order valence-electron chi connectivity index (χ1n) is 7.63. The van der Waals surface area contributed by atoms with Crippen LogP contribution < -0.4 is 16.0 Å². The summed E-state index contributed by atoms with van der Waals surface area (Å²) < 4.78 is 0. The Morgan fingerprint density at radius 2 is 2.19 bits per heavy atom. The van der Waals surface area contributed by atoms with Gasteiger partial charge >= 0.3 is 0 Å². The molecule has 1 aromatic rings. The molecule has 0 saturated carbocycles. The monoisotopic (exact) mass is 291 g/mol. The number of nitrogens with one attached hydrogen (secondary N) is 1. The van der Waals surface area contributed by atoms with Gasteiger partial charge in [0.2, 0.25) is 11.9 Å². The Labute approximate surface area is 126 Å². The summed E-state index contributed by atoms with van der Waals surface area (Å²) in [7, 11) is 0. The minimum Gasteiger partial charge on any atom is -0.352 e. The first-order valence-corrected chi connectivity index (χ1v) is 7.63. The normalized spacial score (nSPS) is 20.4. The highest BCUT2D eigenvalue weighted by Crippen LogP contribution is 2.15. The molecular weight excluding hydrogens is 266 g/mol. The molecule has 0 bridgehead atoms. The Hall–Kier alpha value is -1.69. The number of amides is 1. The van der Waals surface area contributed by atoms with Gasteiger partial charge in [-0.05, 0) is 24.8 Å². The van der Waals surface area contributed by atoms with Gasteiger partial charge in [0.25, 0.3) is 0 Å². The lowest BCUT2D eigenvalue weighted by Gasteiger charge is -2.33. The van der Waals surface area contributed by atoms with Gasteiger partial charge in [-0.1, -0.05) is 13.8 Å². The minimum atomic E-state index is -0.0813. The van der Waals surface area contributed by atoms with Gasteiger partial charge in [-0.2, -0.15) is 0 Å². The van der Waals surface area contributed by atoms with Gasteiger partial charge in [-0.15, -0.1) is 0 Å². The largest absolute Gasteiger partial charge is 0.352 e. The third-order valence-corrected chi connectivity index (χ3v) is 3.90. The second-order valence-electron chi connectivity index (χ2n) is 6.01. The lowest BCUT2D eigenvalue weighted by molar-refractivity contribution is -0.122. The fourth-order valence-corrected chi connectivity index (χ4v) is 2.47. The van der Waals surface area contributed by atoms with Crippen LogP contribution in [0.2, 0.25) is 0 Å². The summed E-state index contributed by atoms with van der Waals surface area (Å²) in [6, 6.07) is 1.87. The fraction of sp³-hybridized carbons (Fsp3) is 0.667. The lowest BCUT2D eigenvalue weighted by Crippen LogP contribution is -2.49. The minimum absolute atomic E-state index is 0.0389. The van der Waals surface area contributed by atoms with Gasteiger partial charge in [0.05, 0.1) is 0 Å². The van der Waals surface area contributed by atoms with Gasteiger partial charge in [-0.25, -0.2) is 9.97 Å². The molecule has 1 aromatic heterocycles. The summed E-state index contributed by atoms with van der Waals surface area (Å²) >= 11 is 0. The Morgan fingerprint density at radius 3 is 2.86 bits per heavy atom. The zero-order valence-electron chi connectivity index (χ0n) is 12.8. The molecule has 6 heteroatoms. The number of carbonyl (C=O) groups excluding carboxylic acids is 1. The molecule has 0 radical (unpaired) electrons. The molecule has 3 N–H and O–H groups in total. The van der Waals surface area contributed by atoms with Crippen LogP contribution >= 0.6 is 0 Å². The molecule has 2 atom stereocenters. The van der Waals surface area contributed by atoms with Crippen LogP contribution in [-0.4, -0.2) is 41.0 Å². The highest BCUT2D eigenvalue weighted by atomic mass is 16.1. The van der Waals surface area contributed by atoms with E-state index >= 15 is 0 Å². The Kier molecular flexibility index (Phi) is 5.50. The van der Waals surface area contributed by atoms with Crippen LogP contribution in [0.15, 0.2) is 18.5 Å². The van der Waals surface area contributed by atoms with Crippen LogP contribution in [0, 0.1) is 5.92 Å². The molecule has 1 fully saturated rings. The van der Waals surface area contributed by atoms with Crippen molar-refractivity contribution in [2.24, 2.45) is 11.7 Å². The first-order chi connectivity index (χ1) is 10.1. The third kappa shape index (κ3) is 4.67. The number of nitrogens with two attached hydrogens (primary N) is 1. The van der Waals surface area contributed by atoms with Crippen molar-refractivity contribution in [3.63, 3.8) is 0 Å². The van der Waals surface area contributed by atoms with Gasteiger partial charge < -0.3 is 16.0 Å². The molecular formula is C15H25N5O. The van der Waals surface area contributed by atoms with Crippen molar-refractivity contribution in [3.8, 4) is 0 Å². The molecule has 2 unspecified atom stereocenters. The highest BCUT2D eigenvalue weighted by Gasteiger charge is 2.23. The van der Waals surface area contributed by atoms with E-state index in [0.717, 1.165) is 31.9 Å². The number of hydrogen-bond acceptors (Lipinski definition) is 5. The molecule has 1 saturated heterocycles. The number of rotatable bonds is 5. The van der Waals surface area contributed by atoms with E-state index in [9.17, 15) is 4.79 Å². The molecule has 21 heavy (non-hydrogen) atoms.